The number of halogens is 2. The zero-order valence-corrected chi connectivity index (χ0v) is 15.0. The van der Waals surface area contributed by atoms with Gasteiger partial charge in [0.05, 0.1) is 5.97 Å². The number of rotatable bonds is 8. The van der Waals surface area contributed by atoms with Crippen molar-refractivity contribution in [3.05, 3.63) is 29.8 Å². The molecule has 0 heterocycles. The minimum absolute atomic E-state index is 0. The van der Waals surface area contributed by atoms with E-state index < -0.39 is 12.0 Å². The normalized spacial score (nSPS) is 11.6. The predicted molar refractivity (Wildman–Crippen MR) is 76.8 cm³/mol. The van der Waals surface area contributed by atoms with Crippen molar-refractivity contribution in [3.63, 3.8) is 0 Å². The number of carboxylic acids is 1. The third kappa shape index (κ3) is 6.66. The monoisotopic (exact) mass is 326 g/mol. The number of nitrogens with zero attached hydrogens (tertiary/aromatic N) is 1. The van der Waals surface area contributed by atoms with Crippen molar-refractivity contribution in [2.75, 3.05) is 29.7 Å². The smallest absolute Gasteiger partial charge is 0.548 e. The van der Waals surface area contributed by atoms with Crippen LogP contribution < -0.4 is 45.3 Å². The van der Waals surface area contributed by atoms with Crippen molar-refractivity contribution in [1.29, 1.82) is 0 Å². The Labute approximate surface area is 151 Å². The van der Waals surface area contributed by atoms with Gasteiger partial charge in [-0.15, -0.1) is 23.2 Å². The summed E-state index contributed by atoms with van der Waals surface area (Å²) in [5.41, 5.74) is 7.30. The Bertz CT molecular complexity index is 398. The van der Waals surface area contributed by atoms with Gasteiger partial charge in [-0.3, -0.25) is 0 Å². The van der Waals surface area contributed by atoms with Crippen LogP contribution in [0.1, 0.15) is 5.56 Å². The number of hydrogen-bond donors (Lipinski definition) is 1. The fourth-order valence-corrected chi connectivity index (χ4v) is 2.16. The van der Waals surface area contributed by atoms with E-state index in [1.807, 2.05) is 24.3 Å². The van der Waals surface area contributed by atoms with E-state index in [9.17, 15) is 9.90 Å². The number of hydrogen-bond acceptors (Lipinski definition) is 4. The van der Waals surface area contributed by atoms with Crippen LogP contribution in [0.3, 0.4) is 0 Å². The molecule has 0 aromatic heterocycles. The van der Waals surface area contributed by atoms with Gasteiger partial charge in [-0.1, -0.05) is 12.1 Å². The first-order chi connectivity index (χ1) is 9.08. The Morgan fingerprint density at radius 1 is 1.20 bits per heavy atom. The number of benzene rings is 1. The van der Waals surface area contributed by atoms with Crippen LogP contribution in [0.2, 0.25) is 0 Å². The van der Waals surface area contributed by atoms with E-state index in [0.717, 1.165) is 11.3 Å². The molecular weight excluding hydrogens is 310 g/mol. The van der Waals surface area contributed by atoms with Gasteiger partial charge in [0.25, 0.3) is 0 Å². The second-order valence-corrected chi connectivity index (χ2v) is 4.92. The zero-order valence-electron chi connectivity index (χ0n) is 11.5. The minimum Gasteiger partial charge on any atom is -0.548 e. The average molecular weight is 327 g/mol. The molecule has 1 aromatic rings. The van der Waals surface area contributed by atoms with E-state index in [0.29, 0.717) is 24.8 Å². The molecule has 0 fully saturated rings. The molecule has 0 bridgehead atoms. The molecular formula is C13H17Cl2N2NaO2. The molecule has 0 aliphatic heterocycles. The van der Waals surface area contributed by atoms with Crippen molar-refractivity contribution >= 4 is 34.9 Å². The molecule has 0 amide bonds. The van der Waals surface area contributed by atoms with E-state index in [-0.39, 0.29) is 36.0 Å². The maximum atomic E-state index is 10.6. The number of aliphatic carboxylic acids is 1. The van der Waals surface area contributed by atoms with Crippen molar-refractivity contribution in [3.8, 4) is 0 Å². The number of alkyl halides is 2. The summed E-state index contributed by atoms with van der Waals surface area (Å²) in [5.74, 6) is -0.197. The van der Waals surface area contributed by atoms with Gasteiger partial charge in [-0.05, 0) is 24.1 Å². The molecule has 0 saturated carbocycles. The van der Waals surface area contributed by atoms with E-state index >= 15 is 0 Å². The molecule has 20 heavy (non-hydrogen) atoms. The molecule has 1 aromatic carbocycles. The van der Waals surface area contributed by atoms with Gasteiger partial charge >= 0.3 is 29.6 Å². The van der Waals surface area contributed by atoms with Crippen LogP contribution in [0.15, 0.2) is 24.3 Å². The fraction of sp³-hybridized carbons (Fsp3) is 0.462. The van der Waals surface area contributed by atoms with Gasteiger partial charge in [-0.2, -0.15) is 0 Å². The molecule has 106 valence electrons. The van der Waals surface area contributed by atoms with E-state index in [1.54, 1.807) is 0 Å². The van der Waals surface area contributed by atoms with Crippen molar-refractivity contribution in [1.82, 2.24) is 0 Å². The predicted octanol–water partition coefficient (Wildman–Crippen LogP) is -2.41. The molecule has 1 rings (SSSR count). The third-order valence-electron chi connectivity index (χ3n) is 2.77. The molecule has 7 heteroatoms. The molecule has 0 unspecified atom stereocenters. The van der Waals surface area contributed by atoms with Gasteiger partial charge in [0.15, 0.2) is 0 Å². The average Bonchev–Trinajstić information content (AvgIpc) is 2.39. The number of carboxylic acid groups (broad SMARTS) is 1. The van der Waals surface area contributed by atoms with E-state index in [2.05, 4.69) is 4.90 Å². The van der Waals surface area contributed by atoms with Crippen LogP contribution in [0.5, 0.6) is 0 Å². The van der Waals surface area contributed by atoms with Crippen LogP contribution in [0, 0.1) is 0 Å². The number of carbonyl (C=O) groups is 1. The SMILES string of the molecule is N[C@@H](Cc1ccc(N(CCCl)CCCl)cc1)C(=O)[O-].[Na+]. The van der Waals surface area contributed by atoms with E-state index in [1.165, 1.54) is 0 Å². The zero-order chi connectivity index (χ0) is 14.3. The van der Waals surface area contributed by atoms with Gasteiger partial charge in [0.1, 0.15) is 0 Å². The Hall–Kier alpha value is 0.0300. The molecule has 0 spiro atoms. The second-order valence-electron chi connectivity index (χ2n) is 4.16. The Balaban J connectivity index is 0.00000361. The summed E-state index contributed by atoms with van der Waals surface area (Å²) < 4.78 is 0. The van der Waals surface area contributed by atoms with Crippen molar-refractivity contribution in [2.24, 2.45) is 5.73 Å². The number of carbonyl (C=O) groups excluding carboxylic acids is 1. The molecule has 0 radical (unpaired) electrons. The third-order valence-corrected chi connectivity index (χ3v) is 3.11. The maximum Gasteiger partial charge on any atom is 1.00 e. The first-order valence-corrected chi connectivity index (χ1v) is 7.07. The summed E-state index contributed by atoms with van der Waals surface area (Å²) in [6.45, 7) is 1.43. The quantitative estimate of drug-likeness (QED) is 0.427. The summed E-state index contributed by atoms with van der Waals surface area (Å²) in [5, 5.41) is 10.6. The van der Waals surface area contributed by atoms with Gasteiger partial charge in [0.2, 0.25) is 0 Å². The Morgan fingerprint density at radius 3 is 2.10 bits per heavy atom. The van der Waals surface area contributed by atoms with E-state index in [4.69, 9.17) is 28.9 Å². The molecule has 0 saturated heterocycles. The summed E-state index contributed by atoms with van der Waals surface area (Å²) in [4.78, 5) is 12.6. The fourth-order valence-electron chi connectivity index (χ4n) is 1.75. The Kier molecular flexibility index (Phi) is 10.7. The number of nitrogens with two attached hydrogens (primary N) is 1. The van der Waals surface area contributed by atoms with Crippen LogP contribution in [0.4, 0.5) is 5.69 Å². The first-order valence-electron chi connectivity index (χ1n) is 6.00. The van der Waals surface area contributed by atoms with Crippen LogP contribution in [-0.4, -0.2) is 36.9 Å². The topological polar surface area (TPSA) is 69.4 Å². The minimum atomic E-state index is -1.24. The van der Waals surface area contributed by atoms with Crippen LogP contribution in [0.25, 0.3) is 0 Å². The summed E-state index contributed by atoms with van der Waals surface area (Å²) in [6.07, 6.45) is 0.258. The Morgan fingerprint density at radius 2 is 1.70 bits per heavy atom. The van der Waals surface area contributed by atoms with Crippen molar-refractivity contribution in [2.45, 2.75) is 12.5 Å². The molecule has 0 aliphatic carbocycles. The largest absolute Gasteiger partial charge is 1.00 e. The molecule has 4 nitrogen and oxygen atoms in total. The van der Waals surface area contributed by atoms with Crippen molar-refractivity contribution < 1.29 is 39.5 Å². The summed E-state index contributed by atoms with van der Waals surface area (Å²) >= 11 is 11.5. The van der Waals surface area contributed by atoms with Crippen LogP contribution in [-0.2, 0) is 11.2 Å². The van der Waals surface area contributed by atoms with Gasteiger partial charge in [0, 0.05) is 36.6 Å². The second kappa shape index (κ2) is 10.7. The first kappa shape index (κ1) is 20.0. The maximum absolute atomic E-state index is 10.6. The summed E-state index contributed by atoms with van der Waals surface area (Å²) in [6, 6.07) is 6.56. The molecule has 0 aliphatic rings. The molecule has 1 atom stereocenters. The molecule has 2 N–H and O–H groups in total. The van der Waals surface area contributed by atoms with Gasteiger partial charge < -0.3 is 20.5 Å². The van der Waals surface area contributed by atoms with Gasteiger partial charge in [-0.25, -0.2) is 0 Å². The van der Waals surface area contributed by atoms with Crippen LogP contribution >= 0.6 is 23.2 Å². The summed E-state index contributed by atoms with van der Waals surface area (Å²) in [7, 11) is 0. The number of anilines is 1. The standard InChI is InChI=1S/C13H18Cl2N2O2.Na/c14-5-7-17(8-6-15)11-3-1-10(2-4-11)9-12(16)13(18)19;/h1-4,12H,5-9,16H2,(H,18,19);/q;+1/p-1/t12-;/m0./s1.